The maximum atomic E-state index is 12.2. The SMILES string of the molecule is CCc1nc2cc(NC(=O)C3CC(OC)CN3)ccc2o1. The molecule has 1 aliphatic heterocycles. The molecule has 0 bridgehead atoms. The van der Waals surface area contributed by atoms with Gasteiger partial charge in [0.25, 0.3) is 0 Å². The first-order valence-electron chi connectivity index (χ1n) is 7.16. The van der Waals surface area contributed by atoms with Crippen LogP contribution in [0.25, 0.3) is 11.1 Å². The van der Waals surface area contributed by atoms with Crippen molar-refractivity contribution in [3.63, 3.8) is 0 Å². The van der Waals surface area contributed by atoms with Gasteiger partial charge < -0.3 is 19.8 Å². The number of benzene rings is 1. The summed E-state index contributed by atoms with van der Waals surface area (Å²) in [6, 6.07) is 5.28. The first-order valence-corrected chi connectivity index (χ1v) is 7.16. The number of aromatic nitrogens is 1. The van der Waals surface area contributed by atoms with Crippen molar-refractivity contribution in [3.8, 4) is 0 Å². The number of anilines is 1. The summed E-state index contributed by atoms with van der Waals surface area (Å²) < 4.78 is 10.8. The summed E-state index contributed by atoms with van der Waals surface area (Å²) in [5, 5.41) is 6.07. The summed E-state index contributed by atoms with van der Waals surface area (Å²) in [5.74, 6) is 0.655. The van der Waals surface area contributed by atoms with Gasteiger partial charge in [0.15, 0.2) is 11.5 Å². The first kappa shape index (κ1) is 14.0. The molecule has 0 aliphatic carbocycles. The van der Waals surface area contributed by atoms with Crippen LogP contribution in [0.15, 0.2) is 22.6 Å². The van der Waals surface area contributed by atoms with E-state index in [1.54, 1.807) is 7.11 Å². The number of nitrogens with one attached hydrogen (secondary N) is 2. The van der Waals surface area contributed by atoms with E-state index in [1.165, 1.54) is 0 Å². The molecule has 2 atom stereocenters. The summed E-state index contributed by atoms with van der Waals surface area (Å²) in [6.45, 7) is 2.70. The Balaban J connectivity index is 1.71. The van der Waals surface area contributed by atoms with E-state index in [4.69, 9.17) is 9.15 Å². The van der Waals surface area contributed by atoms with Gasteiger partial charge >= 0.3 is 0 Å². The van der Waals surface area contributed by atoms with E-state index < -0.39 is 0 Å². The molecule has 1 saturated heterocycles. The van der Waals surface area contributed by atoms with Gasteiger partial charge in [-0.15, -0.1) is 0 Å². The van der Waals surface area contributed by atoms with Crippen LogP contribution < -0.4 is 10.6 Å². The van der Waals surface area contributed by atoms with E-state index in [1.807, 2.05) is 25.1 Å². The normalized spacial score (nSPS) is 21.8. The fourth-order valence-electron chi connectivity index (χ4n) is 2.52. The lowest BCUT2D eigenvalue weighted by molar-refractivity contribution is -0.118. The first-order chi connectivity index (χ1) is 10.2. The average molecular weight is 289 g/mol. The van der Waals surface area contributed by atoms with Crippen LogP contribution in [0, 0.1) is 0 Å². The smallest absolute Gasteiger partial charge is 0.241 e. The van der Waals surface area contributed by atoms with Gasteiger partial charge in [-0.3, -0.25) is 4.79 Å². The molecule has 6 nitrogen and oxygen atoms in total. The number of hydrogen-bond donors (Lipinski definition) is 2. The molecule has 2 aromatic rings. The number of methoxy groups -OCH3 is 1. The molecular formula is C15H19N3O3. The molecule has 3 rings (SSSR count). The van der Waals surface area contributed by atoms with Gasteiger partial charge in [0.1, 0.15) is 5.52 Å². The second kappa shape index (κ2) is 5.83. The molecule has 1 aliphatic rings. The summed E-state index contributed by atoms with van der Waals surface area (Å²) >= 11 is 0. The van der Waals surface area contributed by atoms with E-state index in [9.17, 15) is 4.79 Å². The van der Waals surface area contributed by atoms with Crippen molar-refractivity contribution in [1.82, 2.24) is 10.3 Å². The van der Waals surface area contributed by atoms with Crippen LogP contribution in [-0.2, 0) is 16.0 Å². The Labute approximate surface area is 122 Å². The number of carbonyl (C=O) groups is 1. The van der Waals surface area contributed by atoms with Crippen LogP contribution in [0.5, 0.6) is 0 Å². The summed E-state index contributed by atoms with van der Waals surface area (Å²) in [7, 11) is 1.66. The zero-order valence-corrected chi connectivity index (χ0v) is 12.2. The van der Waals surface area contributed by atoms with Gasteiger partial charge in [-0.2, -0.15) is 0 Å². The minimum absolute atomic E-state index is 0.0480. The Morgan fingerprint density at radius 2 is 2.43 bits per heavy atom. The number of amides is 1. The second-order valence-electron chi connectivity index (χ2n) is 5.19. The Bertz CT molecular complexity index is 653. The quantitative estimate of drug-likeness (QED) is 0.896. The second-order valence-corrected chi connectivity index (χ2v) is 5.19. The highest BCUT2D eigenvalue weighted by Gasteiger charge is 2.29. The van der Waals surface area contributed by atoms with Gasteiger partial charge in [-0.25, -0.2) is 4.98 Å². The lowest BCUT2D eigenvalue weighted by Crippen LogP contribution is -2.35. The van der Waals surface area contributed by atoms with E-state index in [0.717, 1.165) is 23.2 Å². The van der Waals surface area contributed by atoms with Crippen LogP contribution in [0.1, 0.15) is 19.2 Å². The maximum absolute atomic E-state index is 12.2. The van der Waals surface area contributed by atoms with Crippen molar-refractivity contribution >= 4 is 22.7 Å². The van der Waals surface area contributed by atoms with E-state index in [2.05, 4.69) is 15.6 Å². The van der Waals surface area contributed by atoms with Crippen LogP contribution in [-0.4, -0.2) is 36.7 Å². The van der Waals surface area contributed by atoms with Crippen LogP contribution in [0.4, 0.5) is 5.69 Å². The van der Waals surface area contributed by atoms with Crippen molar-refractivity contribution in [2.75, 3.05) is 19.0 Å². The van der Waals surface area contributed by atoms with E-state index in [0.29, 0.717) is 18.9 Å². The number of ether oxygens (including phenoxy) is 1. The van der Waals surface area contributed by atoms with Crippen molar-refractivity contribution in [1.29, 1.82) is 0 Å². The number of fused-ring (bicyclic) bond motifs is 1. The predicted molar refractivity (Wildman–Crippen MR) is 79.2 cm³/mol. The molecule has 2 N–H and O–H groups in total. The summed E-state index contributed by atoms with van der Waals surface area (Å²) in [4.78, 5) is 16.6. The third kappa shape index (κ3) is 2.91. The number of rotatable bonds is 4. The van der Waals surface area contributed by atoms with E-state index >= 15 is 0 Å². The number of nitrogens with zero attached hydrogens (tertiary/aromatic N) is 1. The van der Waals surface area contributed by atoms with Crippen molar-refractivity contribution in [2.45, 2.75) is 31.9 Å². The summed E-state index contributed by atoms with van der Waals surface area (Å²) in [5.41, 5.74) is 2.23. The fraction of sp³-hybridized carbons (Fsp3) is 0.467. The standard InChI is InChI=1S/C15H19N3O3/c1-3-14-18-11-6-9(4-5-13(11)21-14)17-15(19)12-7-10(20-2)8-16-12/h4-6,10,12,16H,3,7-8H2,1-2H3,(H,17,19). The molecule has 2 unspecified atom stereocenters. The molecule has 0 spiro atoms. The van der Waals surface area contributed by atoms with Crippen LogP contribution in [0.2, 0.25) is 0 Å². The number of carbonyl (C=O) groups excluding carboxylic acids is 1. The van der Waals surface area contributed by atoms with Gasteiger partial charge in [0.05, 0.1) is 12.1 Å². The fourth-order valence-corrected chi connectivity index (χ4v) is 2.52. The van der Waals surface area contributed by atoms with Gasteiger partial charge in [0.2, 0.25) is 5.91 Å². The molecule has 0 radical (unpaired) electrons. The van der Waals surface area contributed by atoms with Gasteiger partial charge in [-0.05, 0) is 24.6 Å². The highest BCUT2D eigenvalue weighted by molar-refractivity contribution is 5.96. The minimum atomic E-state index is -0.214. The van der Waals surface area contributed by atoms with Crippen LogP contribution in [0.3, 0.4) is 0 Å². The third-order valence-corrected chi connectivity index (χ3v) is 3.74. The molecule has 21 heavy (non-hydrogen) atoms. The topological polar surface area (TPSA) is 76.4 Å². The highest BCUT2D eigenvalue weighted by atomic mass is 16.5. The number of oxazole rings is 1. The maximum Gasteiger partial charge on any atom is 0.241 e. The van der Waals surface area contributed by atoms with Crippen LogP contribution >= 0.6 is 0 Å². The van der Waals surface area contributed by atoms with Crippen molar-refractivity contribution in [2.24, 2.45) is 0 Å². The van der Waals surface area contributed by atoms with Crippen molar-refractivity contribution in [3.05, 3.63) is 24.1 Å². The average Bonchev–Trinajstić information content (AvgIpc) is 3.12. The zero-order valence-electron chi connectivity index (χ0n) is 12.2. The lowest BCUT2D eigenvalue weighted by atomic mass is 10.2. The Kier molecular flexibility index (Phi) is 3.90. The number of aryl methyl sites for hydroxylation is 1. The Morgan fingerprint density at radius 3 is 3.14 bits per heavy atom. The number of hydrogen-bond acceptors (Lipinski definition) is 5. The lowest BCUT2D eigenvalue weighted by Gasteiger charge is -2.11. The predicted octanol–water partition coefficient (Wildman–Crippen LogP) is 1.71. The molecule has 1 fully saturated rings. The largest absolute Gasteiger partial charge is 0.441 e. The molecular weight excluding hydrogens is 270 g/mol. The third-order valence-electron chi connectivity index (χ3n) is 3.74. The monoisotopic (exact) mass is 289 g/mol. The Morgan fingerprint density at radius 1 is 1.57 bits per heavy atom. The molecule has 0 saturated carbocycles. The highest BCUT2D eigenvalue weighted by Crippen LogP contribution is 2.21. The minimum Gasteiger partial charge on any atom is -0.441 e. The molecule has 112 valence electrons. The Hall–Kier alpha value is -1.92. The molecule has 1 amide bonds. The molecule has 2 heterocycles. The molecule has 1 aromatic heterocycles. The summed E-state index contributed by atoms with van der Waals surface area (Å²) in [6.07, 6.45) is 1.54. The van der Waals surface area contributed by atoms with E-state index in [-0.39, 0.29) is 18.1 Å². The zero-order chi connectivity index (χ0) is 14.8. The molecule has 1 aromatic carbocycles. The van der Waals surface area contributed by atoms with Gasteiger partial charge in [-0.1, -0.05) is 6.92 Å². The molecule has 6 heteroatoms. The van der Waals surface area contributed by atoms with Gasteiger partial charge in [0, 0.05) is 25.8 Å². The van der Waals surface area contributed by atoms with Crippen molar-refractivity contribution < 1.29 is 13.9 Å².